The summed E-state index contributed by atoms with van der Waals surface area (Å²) in [7, 11) is 0. The zero-order chi connectivity index (χ0) is 11.7. The average Bonchev–Trinajstić information content (AvgIpc) is 2.25. The number of rotatable bonds is 1. The smallest absolute Gasteiger partial charge is 0.118 e. The van der Waals surface area contributed by atoms with Crippen LogP contribution < -0.4 is 0 Å². The normalized spacial score (nSPS) is 10.4. The summed E-state index contributed by atoms with van der Waals surface area (Å²) in [6.45, 7) is 5.90. The van der Waals surface area contributed by atoms with Crippen molar-refractivity contribution >= 4 is 0 Å². The molecule has 16 heavy (non-hydrogen) atoms. The fourth-order valence-electron chi connectivity index (χ4n) is 1.86. The first-order valence-corrected chi connectivity index (χ1v) is 5.32. The molecule has 0 amide bonds. The van der Waals surface area contributed by atoms with E-state index in [1.165, 1.54) is 0 Å². The highest BCUT2D eigenvalue weighted by Crippen LogP contribution is 2.30. The second-order valence-electron chi connectivity index (χ2n) is 4.09. The highest BCUT2D eigenvalue weighted by Gasteiger charge is 2.08. The van der Waals surface area contributed by atoms with Crippen LogP contribution in [0.15, 0.2) is 30.5 Å². The van der Waals surface area contributed by atoms with Crippen LogP contribution in [0.2, 0.25) is 0 Å². The SMILES string of the molecule is Cc1cc(-c2cccnc2C)c(C)cc1O. The van der Waals surface area contributed by atoms with Crippen molar-refractivity contribution in [1.29, 1.82) is 0 Å². The zero-order valence-corrected chi connectivity index (χ0v) is 9.78. The molecule has 2 nitrogen and oxygen atoms in total. The lowest BCUT2D eigenvalue weighted by Gasteiger charge is -2.10. The minimum Gasteiger partial charge on any atom is -0.508 e. The van der Waals surface area contributed by atoms with E-state index < -0.39 is 0 Å². The van der Waals surface area contributed by atoms with Gasteiger partial charge in [-0.2, -0.15) is 0 Å². The van der Waals surface area contributed by atoms with Crippen LogP contribution in [-0.2, 0) is 0 Å². The number of hydrogen-bond acceptors (Lipinski definition) is 2. The van der Waals surface area contributed by atoms with Crippen LogP contribution in [0.3, 0.4) is 0 Å². The van der Waals surface area contributed by atoms with Crippen molar-refractivity contribution in [3.05, 3.63) is 47.3 Å². The third kappa shape index (κ3) is 1.78. The summed E-state index contributed by atoms with van der Waals surface area (Å²) in [6.07, 6.45) is 1.79. The molecule has 0 aliphatic heterocycles. The first-order valence-electron chi connectivity index (χ1n) is 5.32. The number of hydrogen-bond donors (Lipinski definition) is 1. The number of nitrogens with zero attached hydrogens (tertiary/aromatic N) is 1. The summed E-state index contributed by atoms with van der Waals surface area (Å²) in [6, 6.07) is 7.80. The standard InChI is InChI=1S/C14H15NO/c1-9-8-14(16)10(2)7-13(9)12-5-4-6-15-11(12)3/h4-8,16H,1-3H3. The van der Waals surface area contributed by atoms with Crippen LogP contribution in [0, 0.1) is 20.8 Å². The van der Waals surface area contributed by atoms with E-state index in [0.29, 0.717) is 5.75 Å². The van der Waals surface area contributed by atoms with Crippen LogP contribution in [0.25, 0.3) is 11.1 Å². The quantitative estimate of drug-likeness (QED) is 0.787. The molecule has 1 aromatic carbocycles. The van der Waals surface area contributed by atoms with E-state index in [1.807, 2.05) is 32.9 Å². The molecule has 1 aromatic heterocycles. The van der Waals surface area contributed by atoms with Crippen molar-refractivity contribution in [2.75, 3.05) is 0 Å². The van der Waals surface area contributed by atoms with Gasteiger partial charge in [-0.15, -0.1) is 0 Å². The van der Waals surface area contributed by atoms with E-state index in [0.717, 1.165) is 27.9 Å². The number of aromatic hydroxyl groups is 1. The summed E-state index contributed by atoms with van der Waals surface area (Å²) >= 11 is 0. The third-order valence-corrected chi connectivity index (χ3v) is 2.84. The van der Waals surface area contributed by atoms with Crippen molar-refractivity contribution in [1.82, 2.24) is 4.98 Å². The first kappa shape index (κ1) is 10.7. The highest BCUT2D eigenvalue weighted by atomic mass is 16.3. The van der Waals surface area contributed by atoms with Gasteiger partial charge in [0.05, 0.1) is 0 Å². The van der Waals surface area contributed by atoms with Gasteiger partial charge in [-0.05, 0) is 55.7 Å². The molecule has 0 bridgehead atoms. The maximum Gasteiger partial charge on any atom is 0.118 e. The Morgan fingerprint density at radius 3 is 2.44 bits per heavy atom. The predicted octanol–water partition coefficient (Wildman–Crippen LogP) is 3.38. The lowest BCUT2D eigenvalue weighted by Crippen LogP contribution is -1.90. The van der Waals surface area contributed by atoms with Crippen LogP contribution >= 0.6 is 0 Å². The van der Waals surface area contributed by atoms with Gasteiger partial charge in [0, 0.05) is 17.5 Å². The van der Waals surface area contributed by atoms with Gasteiger partial charge in [0.25, 0.3) is 0 Å². The summed E-state index contributed by atoms with van der Waals surface area (Å²) in [5.41, 5.74) is 5.24. The Balaban J connectivity index is 2.65. The molecule has 1 N–H and O–H groups in total. The molecule has 0 saturated carbocycles. The molecule has 1 heterocycles. The number of phenolic OH excluding ortho intramolecular Hbond substituents is 1. The molecule has 0 fully saturated rings. The van der Waals surface area contributed by atoms with E-state index in [4.69, 9.17) is 0 Å². The third-order valence-electron chi connectivity index (χ3n) is 2.84. The minimum absolute atomic E-state index is 0.350. The van der Waals surface area contributed by atoms with Crippen molar-refractivity contribution in [2.45, 2.75) is 20.8 Å². The van der Waals surface area contributed by atoms with E-state index in [-0.39, 0.29) is 0 Å². The lowest BCUT2D eigenvalue weighted by molar-refractivity contribution is 0.471. The van der Waals surface area contributed by atoms with Gasteiger partial charge in [-0.25, -0.2) is 0 Å². The molecule has 82 valence electrons. The molecule has 0 aliphatic carbocycles. The van der Waals surface area contributed by atoms with Crippen molar-refractivity contribution in [3.8, 4) is 16.9 Å². The number of benzene rings is 1. The second kappa shape index (κ2) is 3.97. The summed E-state index contributed by atoms with van der Waals surface area (Å²) in [5, 5.41) is 9.63. The topological polar surface area (TPSA) is 33.1 Å². The molecule has 0 saturated heterocycles. The highest BCUT2D eigenvalue weighted by molar-refractivity contribution is 5.71. The molecule has 2 rings (SSSR count). The average molecular weight is 213 g/mol. The van der Waals surface area contributed by atoms with Crippen LogP contribution in [0.4, 0.5) is 0 Å². The van der Waals surface area contributed by atoms with Crippen LogP contribution in [-0.4, -0.2) is 10.1 Å². The second-order valence-corrected chi connectivity index (χ2v) is 4.09. The van der Waals surface area contributed by atoms with E-state index in [1.54, 1.807) is 12.3 Å². The molecular weight excluding hydrogens is 198 g/mol. The monoisotopic (exact) mass is 213 g/mol. The summed E-state index contributed by atoms with van der Waals surface area (Å²) in [4.78, 5) is 4.29. The van der Waals surface area contributed by atoms with Gasteiger partial charge < -0.3 is 5.11 Å². The maximum absolute atomic E-state index is 9.63. The Morgan fingerprint density at radius 1 is 1.00 bits per heavy atom. The van der Waals surface area contributed by atoms with E-state index >= 15 is 0 Å². The molecule has 2 heteroatoms. The molecule has 0 radical (unpaired) electrons. The van der Waals surface area contributed by atoms with Crippen molar-refractivity contribution in [3.63, 3.8) is 0 Å². The zero-order valence-electron chi connectivity index (χ0n) is 9.78. The van der Waals surface area contributed by atoms with Crippen molar-refractivity contribution in [2.24, 2.45) is 0 Å². The fourth-order valence-corrected chi connectivity index (χ4v) is 1.86. The van der Waals surface area contributed by atoms with Gasteiger partial charge >= 0.3 is 0 Å². The van der Waals surface area contributed by atoms with Gasteiger partial charge in [0.2, 0.25) is 0 Å². The number of aryl methyl sites for hydroxylation is 3. The number of phenols is 1. The minimum atomic E-state index is 0.350. The Kier molecular flexibility index (Phi) is 2.65. The molecular formula is C14H15NO. The number of pyridine rings is 1. The van der Waals surface area contributed by atoms with Gasteiger partial charge in [-0.3, -0.25) is 4.98 Å². The fraction of sp³-hybridized carbons (Fsp3) is 0.214. The molecule has 0 aliphatic rings. The predicted molar refractivity (Wildman–Crippen MR) is 65.5 cm³/mol. The lowest BCUT2D eigenvalue weighted by atomic mass is 9.97. The molecule has 2 aromatic rings. The number of aromatic nitrogens is 1. The van der Waals surface area contributed by atoms with E-state index in [2.05, 4.69) is 11.1 Å². The van der Waals surface area contributed by atoms with Crippen molar-refractivity contribution < 1.29 is 5.11 Å². The largest absolute Gasteiger partial charge is 0.508 e. The maximum atomic E-state index is 9.63. The summed E-state index contributed by atoms with van der Waals surface area (Å²) < 4.78 is 0. The van der Waals surface area contributed by atoms with Gasteiger partial charge in [-0.1, -0.05) is 6.07 Å². The Labute approximate surface area is 95.6 Å². The Bertz CT molecular complexity index is 532. The molecule has 0 atom stereocenters. The van der Waals surface area contributed by atoms with Crippen LogP contribution in [0.1, 0.15) is 16.8 Å². The van der Waals surface area contributed by atoms with E-state index in [9.17, 15) is 5.11 Å². The molecule has 0 spiro atoms. The Morgan fingerprint density at radius 2 is 1.75 bits per heavy atom. The Hall–Kier alpha value is -1.83. The van der Waals surface area contributed by atoms with Crippen LogP contribution in [0.5, 0.6) is 5.75 Å². The van der Waals surface area contributed by atoms with Gasteiger partial charge in [0.15, 0.2) is 0 Å². The summed E-state index contributed by atoms with van der Waals surface area (Å²) in [5.74, 6) is 0.350. The molecule has 0 unspecified atom stereocenters. The first-order chi connectivity index (χ1) is 7.59. The van der Waals surface area contributed by atoms with Gasteiger partial charge in [0.1, 0.15) is 5.75 Å².